The predicted molar refractivity (Wildman–Crippen MR) is 110 cm³/mol. The van der Waals surface area contributed by atoms with Crippen molar-refractivity contribution in [3.05, 3.63) is 62.6 Å². The lowest BCUT2D eigenvalue weighted by atomic mass is 10.0. The first kappa shape index (κ1) is 18.4. The first-order chi connectivity index (χ1) is 13.5. The van der Waals surface area contributed by atoms with Crippen molar-refractivity contribution in [2.75, 3.05) is 18.0 Å². The van der Waals surface area contributed by atoms with Gasteiger partial charge in [0.1, 0.15) is 0 Å². The number of nitro benzene ring substituents is 1. The molecule has 1 N–H and O–H groups in total. The molecule has 1 aliphatic rings. The number of amides is 1. The van der Waals surface area contributed by atoms with E-state index in [-0.39, 0.29) is 22.6 Å². The van der Waals surface area contributed by atoms with Gasteiger partial charge >= 0.3 is 0 Å². The Balaban J connectivity index is 1.47. The number of pyridine rings is 1. The van der Waals surface area contributed by atoms with E-state index in [1.165, 1.54) is 11.3 Å². The van der Waals surface area contributed by atoms with Crippen LogP contribution in [-0.2, 0) is 0 Å². The fraction of sp³-hybridized carbons (Fsp3) is 0.300. The van der Waals surface area contributed by atoms with E-state index in [1.807, 2.05) is 31.2 Å². The second-order valence-electron chi connectivity index (χ2n) is 6.93. The van der Waals surface area contributed by atoms with Crippen LogP contribution in [0.2, 0.25) is 0 Å². The van der Waals surface area contributed by atoms with Crippen molar-refractivity contribution in [2.24, 2.45) is 0 Å². The number of carbonyl (C=O) groups excluding carboxylic acids is 1. The molecule has 1 amide bonds. The number of rotatable bonds is 4. The number of hydrogen-bond donors (Lipinski definition) is 1. The molecule has 1 saturated heterocycles. The fourth-order valence-corrected chi connectivity index (χ4v) is 4.44. The van der Waals surface area contributed by atoms with Gasteiger partial charge in [-0.1, -0.05) is 0 Å². The number of nitrogens with zero attached hydrogens (tertiary/aromatic N) is 3. The molecule has 7 nitrogen and oxygen atoms in total. The van der Waals surface area contributed by atoms with Crippen molar-refractivity contribution in [3.63, 3.8) is 0 Å². The summed E-state index contributed by atoms with van der Waals surface area (Å²) in [6.45, 7) is 3.55. The van der Waals surface area contributed by atoms with Gasteiger partial charge in [-0.05, 0) is 44.0 Å². The molecule has 0 atom stereocenters. The van der Waals surface area contributed by atoms with Crippen molar-refractivity contribution < 1.29 is 9.72 Å². The lowest BCUT2D eigenvalue weighted by Gasteiger charge is -2.34. The van der Waals surface area contributed by atoms with Crippen molar-refractivity contribution in [1.29, 1.82) is 0 Å². The second kappa shape index (κ2) is 7.55. The Hall–Kier alpha value is -3.00. The van der Waals surface area contributed by atoms with Crippen molar-refractivity contribution in [3.8, 4) is 0 Å². The first-order valence-corrected chi connectivity index (χ1v) is 9.98. The molecule has 0 aliphatic carbocycles. The summed E-state index contributed by atoms with van der Waals surface area (Å²) in [5.74, 6) is -0.0107. The van der Waals surface area contributed by atoms with Gasteiger partial charge in [0.15, 0.2) is 0 Å². The molecule has 0 bridgehead atoms. The zero-order valence-electron chi connectivity index (χ0n) is 15.4. The first-order valence-electron chi connectivity index (χ1n) is 9.16. The van der Waals surface area contributed by atoms with Gasteiger partial charge in [-0.3, -0.25) is 19.9 Å². The number of nitro groups is 1. The highest BCUT2D eigenvalue weighted by molar-refractivity contribution is 7.13. The van der Waals surface area contributed by atoms with E-state index in [4.69, 9.17) is 0 Å². The number of fused-ring (bicyclic) bond motifs is 1. The Morgan fingerprint density at radius 1 is 1.21 bits per heavy atom. The van der Waals surface area contributed by atoms with E-state index >= 15 is 0 Å². The molecule has 1 aliphatic heterocycles. The van der Waals surface area contributed by atoms with Crippen LogP contribution in [0.25, 0.3) is 10.8 Å². The molecule has 3 aromatic rings. The third-order valence-electron chi connectivity index (χ3n) is 5.10. The summed E-state index contributed by atoms with van der Waals surface area (Å²) in [4.78, 5) is 31.4. The number of carbonyl (C=O) groups is 1. The molecule has 1 fully saturated rings. The minimum Gasteiger partial charge on any atom is -0.371 e. The third-order valence-corrected chi connectivity index (χ3v) is 6.10. The van der Waals surface area contributed by atoms with Gasteiger partial charge < -0.3 is 10.2 Å². The molecule has 8 heteroatoms. The number of anilines is 1. The number of piperidine rings is 1. The third kappa shape index (κ3) is 3.55. The standard InChI is InChI=1S/C20H20N4O3S/c1-13-2-5-19(28-13)20(25)22-14-7-10-23(11-8-14)17-3-4-18(24(26)27)16-12-21-9-6-15(16)17/h2-6,9,12,14H,7-8,10-11H2,1H3,(H,22,25). The summed E-state index contributed by atoms with van der Waals surface area (Å²) in [5.41, 5.74) is 1.04. The molecule has 0 spiro atoms. The summed E-state index contributed by atoms with van der Waals surface area (Å²) in [7, 11) is 0. The summed E-state index contributed by atoms with van der Waals surface area (Å²) in [6, 6.07) is 9.14. The highest BCUT2D eigenvalue weighted by Gasteiger charge is 2.24. The Morgan fingerprint density at radius 3 is 2.68 bits per heavy atom. The van der Waals surface area contributed by atoms with Crippen LogP contribution in [0, 0.1) is 17.0 Å². The van der Waals surface area contributed by atoms with Crippen LogP contribution in [0.4, 0.5) is 11.4 Å². The van der Waals surface area contributed by atoms with Crippen molar-refractivity contribution in [1.82, 2.24) is 10.3 Å². The van der Waals surface area contributed by atoms with Crippen LogP contribution in [0.3, 0.4) is 0 Å². The quantitative estimate of drug-likeness (QED) is 0.533. The Kier molecular flexibility index (Phi) is 4.95. The summed E-state index contributed by atoms with van der Waals surface area (Å²) < 4.78 is 0. The Morgan fingerprint density at radius 2 is 2.00 bits per heavy atom. The van der Waals surface area contributed by atoms with E-state index in [9.17, 15) is 14.9 Å². The largest absolute Gasteiger partial charge is 0.371 e. The second-order valence-corrected chi connectivity index (χ2v) is 8.22. The van der Waals surface area contributed by atoms with Gasteiger partial charge in [-0.25, -0.2) is 0 Å². The number of nitrogens with one attached hydrogen (secondary N) is 1. The minimum atomic E-state index is -0.373. The van der Waals surface area contributed by atoms with Gasteiger partial charge in [-0.2, -0.15) is 0 Å². The molecule has 144 valence electrons. The molecule has 0 saturated carbocycles. The number of thiophene rings is 1. The van der Waals surface area contributed by atoms with Crippen LogP contribution < -0.4 is 10.2 Å². The molecular formula is C20H20N4O3S. The SMILES string of the molecule is Cc1ccc(C(=O)NC2CCN(c3ccc([N+](=O)[O-])c4cnccc34)CC2)s1. The van der Waals surface area contributed by atoms with Gasteiger partial charge in [0, 0.05) is 53.5 Å². The highest BCUT2D eigenvalue weighted by atomic mass is 32.1. The number of hydrogen-bond acceptors (Lipinski definition) is 6. The molecule has 4 rings (SSSR count). The van der Waals surface area contributed by atoms with Crippen LogP contribution in [0.1, 0.15) is 27.4 Å². The van der Waals surface area contributed by atoms with Gasteiger partial charge in [-0.15, -0.1) is 11.3 Å². The number of aromatic nitrogens is 1. The van der Waals surface area contributed by atoms with E-state index in [2.05, 4.69) is 15.2 Å². The molecule has 0 unspecified atom stereocenters. The van der Waals surface area contributed by atoms with Crippen LogP contribution in [-0.4, -0.2) is 34.9 Å². The van der Waals surface area contributed by atoms with Crippen molar-refractivity contribution in [2.45, 2.75) is 25.8 Å². The van der Waals surface area contributed by atoms with E-state index in [0.29, 0.717) is 5.39 Å². The molecule has 3 heterocycles. The molecule has 1 aromatic carbocycles. The lowest BCUT2D eigenvalue weighted by molar-refractivity contribution is -0.383. The maximum Gasteiger partial charge on any atom is 0.278 e. The number of aryl methyl sites for hydroxylation is 1. The smallest absolute Gasteiger partial charge is 0.278 e. The molecule has 28 heavy (non-hydrogen) atoms. The summed E-state index contributed by atoms with van der Waals surface area (Å²) >= 11 is 1.50. The maximum absolute atomic E-state index is 12.4. The van der Waals surface area contributed by atoms with Crippen molar-refractivity contribution >= 4 is 39.4 Å². The average Bonchev–Trinajstić information content (AvgIpc) is 3.14. The van der Waals surface area contributed by atoms with E-state index in [0.717, 1.165) is 46.8 Å². The molecule has 0 radical (unpaired) electrons. The van der Waals surface area contributed by atoms with Crippen LogP contribution in [0.15, 0.2) is 42.7 Å². The summed E-state index contributed by atoms with van der Waals surface area (Å²) in [5, 5.41) is 15.8. The predicted octanol–water partition coefficient (Wildman–Crippen LogP) is 3.91. The molecular weight excluding hydrogens is 376 g/mol. The van der Waals surface area contributed by atoms with E-state index in [1.54, 1.807) is 18.5 Å². The Labute approximate surface area is 166 Å². The van der Waals surface area contributed by atoms with Gasteiger partial charge in [0.2, 0.25) is 0 Å². The summed E-state index contributed by atoms with van der Waals surface area (Å²) in [6.07, 6.45) is 4.87. The number of non-ortho nitro benzene ring substituents is 1. The lowest BCUT2D eigenvalue weighted by Crippen LogP contribution is -2.44. The van der Waals surface area contributed by atoms with Crippen LogP contribution in [0.5, 0.6) is 0 Å². The van der Waals surface area contributed by atoms with Gasteiger partial charge in [0.05, 0.1) is 15.2 Å². The topological polar surface area (TPSA) is 88.4 Å². The zero-order valence-corrected chi connectivity index (χ0v) is 16.2. The monoisotopic (exact) mass is 396 g/mol. The zero-order chi connectivity index (χ0) is 19.7. The molecule has 2 aromatic heterocycles. The Bertz CT molecular complexity index is 1040. The average molecular weight is 396 g/mol. The highest BCUT2D eigenvalue weighted by Crippen LogP contribution is 2.34. The van der Waals surface area contributed by atoms with E-state index < -0.39 is 0 Å². The fourth-order valence-electron chi connectivity index (χ4n) is 3.67. The maximum atomic E-state index is 12.4. The number of benzene rings is 1. The van der Waals surface area contributed by atoms with Crippen LogP contribution >= 0.6 is 11.3 Å². The minimum absolute atomic E-state index is 0.0107. The normalized spacial score (nSPS) is 15.0. The van der Waals surface area contributed by atoms with Gasteiger partial charge in [0.25, 0.3) is 11.6 Å².